The van der Waals surface area contributed by atoms with E-state index in [1.54, 1.807) is 11.6 Å². The first kappa shape index (κ1) is 14.7. The molecule has 0 amide bonds. The third-order valence-corrected chi connectivity index (χ3v) is 7.04. The molecule has 4 rings (SSSR count). The lowest BCUT2D eigenvalue weighted by molar-refractivity contribution is 0.183. The zero-order valence-electron chi connectivity index (χ0n) is 12.8. The van der Waals surface area contributed by atoms with Crippen LogP contribution in [0.2, 0.25) is 5.02 Å². The topological polar surface area (TPSA) is 41.0 Å². The van der Waals surface area contributed by atoms with Crippen molar-refractivity contribution in [3.05, 3.63) is 27.6 Å². The molecule has 2 aliphatic heterocycles. The molecule has 6 heteroatoms. The van der Waals surface area contributed by atoms with Crippen LogP contribution in [0.15, 0.2) is 21.8 Å². The van der Waals surface area contributed by atoms with E-state index >= 15 is 0 Å². The van der Waals surface area contributed by atoms with E-state index in [9.17, 15) is 4.79 Å². The number of aromatic nitrogens is 2. The maximum absolute atomic E-state index is 11.7. The Morgan fingerprint density at radius 2 is 1.91 bits per heavy atom. The number of rotatable bonds is 2. The molecule has 0 radical (unpaired) electrons. The Labute approximate surface area is 138 Å². The second kappa shape index (κ2) is 5.32. The Morgan fingerprint density at radius 3 is 2.59 bits per heavy atom. The van der Waals surface area contributed by atoms with Gasteiger partial charge in [-0.15, -0.1) is 11.8 Å². The number of aryl methyl sites for hydroxylation is 1. The van der Waals surface area contributed by atoms with Crippen LogP contribution in [0.4, 0.5) is 0 Å². The molecule has 0 spiro atoms. The standard InChI is InChI=1S/C16H20ClN3OS/c1-19-9-3-4-10(19)6-11(5-9)22-15-8-14-13(7-12(15)17)18-16(21)20(14)2/h7-11H,3-6H2,1-2H3,(H,18,21)/t9-,10+,11?. The summed E-state index contributed by atoms with van der Waals surface area (Å²) >= 11 is 8.32. The number of piperidine rings is 1. The first-order chi connectivity index (χ1) is 10.5. The number of nitrogens with zero attached hydrogens (tertiary/aromatic N) is 2. The van der Waals surface area contributed by atoms with Crippen molar-refractivity contribution in [2.75, 3.05) is 7.05 Å². The summed E-state index contributed by atoms with van der Waals surface area (Å²) < 4.78 is 1.65. The van der Waals surface area contributed by atoms with E-state index < -0.39 is 0 Å². The first-order valence-corrected chi connectivity index (χ1v) is 9.05. The second-order valence-corrected chi connectivity index (χ2v) is 8.30. The van der Waals surface area contributed by atoms with E-state index in [1.165, 1.54) is 25.7 Å². The van der Waals surface area contributed by atoms with Crippen molar-refractivity contribution in [3.63, 3.8) is 0 Å². The maximum Gasteiger partial charge on any atom is 0.326 e. The number of thioether (sulfide) groups is 1. The molecule has 1 aromatic heterocycles. The maximum atomic E-state index is 11.7. The van der Waals surface area contributed by atoms with Gasteiger partial charge in [-0.1, -0.05) is 11.6 Å². The van der Waals surface area contributed by atoms with E-state index in [0.717, 1.165) is 33.0 Å². The monoisotopic (exact) mass is 337 g/mol. The van der Waals surface area contributed by atoms with Crippen molar-refractivity contribution < 1.29 is 0 Å². The molecular weight excluding hydrogens is 318 g/mol. The summed E-state index contributed by atoms with van der Waals surface area (Å²) in [7, 11) is 4.05. The highest BCUT2D eigenvalue weighted by molar-refractivity contribution is 8.00. The van der Waals surface area contributed by atoms with Gasteiger partial charge in [0.1, 0.15) is 0 Å². The van der Waals surface area contributed by atoms with Crippen molar-refractivity contribution in [2.24, 2.45) is 7.05 Å². The molecule has 0 aliphatic carbocycles. The van der Waals surface area contributed by atoms with Gasteiger partial charge in [-0.25, -0.2) is 4.79 Å². The van der Waals surface area contributed by atoms with Crippen LogP contribution in [0.5, 0.6) is 0 Å². The summed E-state index contributed by atoms with van der Waals surface area (Å²) in [6, 6.07) is 5.40. The number of aromatic amines is 1. The Morgan fingerprint density at radius 1 is 1.23 bits per heavy atom. The Bertz CT molecular complexity index is 770. The molecule has 3 atom stereocenters. The fourth-order valence-corrected chi connectivity index (χ4v) is 5.60. The molecule has 1 aromatic carbocycles. The van der Waals surface area contributed by atoms with Crippen LogP contribution in [0.25, 0.3) is 11.0 Å². The Balaban J connectivity index is 1.63. The minimum absolute atomic E-state index is 0.0921. The van der Waals surface area contributed by atoms with E-state index in [1.807, 2.05) is 17.8 Å². The number of hydrogen-bond donors (Lipinski definition) is 1. The SMILES string of the molecule is CN1[C@@H]2CC[C@H]1CC(Sc1cc3c(cc1Cl)[nH]c(=O)n3C)C2. The Hall–Kier alpha value is -0.910. The molecule has 3 heterocycles. The zero-order chi connectivity index (χ0) is 15.4. The molecule has 2 fully saturated rings. The van der Waals surface area contributed by atoms with Gasteiger partial charge in [-0.05, 0) is 44.9 Å². The third-order valence-electron chi connectivity index (χ3n) is 5.31. The van der Waals surface area contributed by atoms with Crippen molar-refractivity contribution in [1.82, 2.24) is 14.5 Å². The predicted molar refractivity (Wildman–Crippen MR) is 92.0 cm³/mol. The lowest BCUT2D eigenvalue weighted by Crippen LogP contribution is -2.40. The molecule has 2 aliphatic rings. The van der Waals surface area contributed by atoms with Crippen LogP contribution in [-0.2, 0) is 7.05 Å². The molecule has 22 heavy (non-hydrogen) atoms. The summed E-state index contributed by atoms with van der Waals surface area (Å²) in [6.45, 7) is 0. The molecule has 4 nitrogen and oxygen atoms in total. The molecule has 2 bridgehead atoms. The molecule has 2 aromatic rings. The van der Waals surface area contributed by atoms with E-state index in [2.05, 4.69) is 23.0 Å². The molecule has 1 unspecified atom stereocenters. The van der Waals surface area contributed by atoms with Gasteiger partial charge in [-0.2, -0.15) is 0 Å². The number of H-pyrrole nitrogens is 1. The summed E-state index contributed by atoms with van der Waals surface area (Å²) in [5.74, 6) is 0. The molecule has 118 valence electrons. The van der Waals surface area contributed by atoms with Gasteiger partial charge in [0.25, 0.3) is 0 Å². The van der Waals surface area contributed by atoms with Crippen LogP contribution >= 0.6 is 23.4 Å². The van der Waals surface area contributed by atoms with E-state index in [4.69, 9.17) is 11.6 Å². The fourth-order valence-electron chi connectivity index (χ4n) is 3.96. The summed E-state index contributed by atoms with van der Waals surface area (Å²) in [6.07, 6.45) is 5.13. The number of fused-ring (bicyclic) bond motifs is 3. The fraction of sp³-hybridized carbons (Fsp3) is 0.562. The van der Waals surface area contributed by atoms with E-state index in [-0.39, 0.29) is 5.69 Å². The van der Waals surface area contributed by atoms with Crippen molar-refractivity contribution >= 4 is 34.4 Å². The van der Waals surface area contributed by atoms with Gasteiger partial charge >= 0.3 is 5.69 Å². The largest absolute Gasteiger partial charge is 0.326 e. The smallest absolute Gasteiger partial charge is 0.305 e. The molecule has 1 N–H and O–H groups in total. The lowest BCUT2D eigenvalue weighted by Gasteiger charge is -2.36. The molecular formula is C16H20ClN3OS. The van der Waals surface area contributed by atoms with Gasteiger partial charge in [0.15, 0.2) is 0 Å². The first-order valence-electron chi connectivity index (χ1n) is 7.80. The van der Waals surface area contributed by atoms with Gasteiger partial charge in [0.05, 0.1) is 16.1 Å². The van der Waals surface area contributed by atoms with Crippen LogP contribution in [0, 0.1) is 0 Å². The number of imidazole rings is 1. The zero-order valence-corrected chi connectivity index (χ0v) is 14.4. The highest BCUT2D eigenvalue weighted by Gasteiger charge is 2.38. The summed E-state index contributed by atoms with van der Waals surface area (Å²) in [5, 5.41) is 1.37. The van der Waals surface area contributed by atoms with Crippen molar-refractivity contribution in [3.8, 4) is 0 Å². The Kier molecular flexibility index (Phi) is 3.55. The number of benzene rings is 1. The average Bonchev–Trinajstić information content (AvgIpc) is 2.85. The molecule has 0 saturated carbocycles. The third kappa shape index (κ3) is 2.30. The van der Waals surface area contributed by atoms with Crippen LogP contribution in [-0.4, -0.2) is 38.8 Å². The average molecular weight is 338 g/mol. The second-order valence-electron chi connectivity index (χ2n) is 6.55. The quantitative estimate of drug-likeness (QED) is 0.914. The van der Waals surface area contributed by atoms with Gasteiger partial charge in [-0.3, -0.25) is 4.57 Å². The predicted octanol–water partition coefficient (Wildman–Crippen LogP) is 3.24. The van der Waals surface area contributed by atoms with Gasteiger partial charge < -0.3 is 9.88 Å². The molecule has 2 saturated heterocycles. The number of halogens is 1. The van der Waals surface area contributed by atoms with E-state index in [0.29, 0.717) is 5.25 Å². The number of nitrogens with one attached hydrogen (secondary N) is 1. The lowest BCUT2D eigenvalue weighted by atomic mass is 10.0. The van der Waals surface area contributed by atoms with Crippen LogP contribution in [0.3, 0.4) is 0 Å². The normalized spacial score (nSPS) is 28.6. The van der Waals surface area contributed by atoms with Crippen molar-refractivity contribution in [1.29, 1.82) is 0 Å². The number of hydrogen-bond acceptors (Lipinski definition) is 3. The van der Waals surface area contributed by atoms with Gasteiger partial charge in [0, 0.05) is 29.3 Å². The van der Waals surface area contributed by atoms with Crippen LogP contribution in [0.1, 0.15) is 25.7 Å². The van der Waals surface area contributed by atoms with Crippen LogP contribution < -0.4 is 5.69 Å². The van der Waals surface area contributed by atoms with Crippen molar-refractivity contribution in [2.45, 2.75) is 47.9 Å². The summed E-state index contributed by atoms with van der Waals surface area (Å²) in [5.41, 5.74) is 1.64. The highest BCUT2D eigenvalue weighted by atomic mass is 35.5. The van der Waals surface area contributed by atoms with Gasteiger partial charge in [0.2, 0.25) is 0 Å². The summed E-state index contributed by atoms with van der Waals surface area (Å²) in [4.78, 5) is 18.2. The highest BCUT2D eigenvalue weighted by Crippen LogP contribution is 2.43. The minimum atomic E-state index is -0.0921. The minimum Gasteiger partial charge on any atom is -0.305 e.